The van der Waals surface area contributed by atoms with Crippen LogP contribution in [0.5, 0.6) is 0 Å². The van der Waals surface area contributed by atoms with Crippen LogP contribution in [-0.4, -0.2) is 30.9 Å². The summed E-state index contributed by atoms with van der Waals surface area (Å²) < 4.78 is 0. The van der Waals surface area contributed by atoms with E-state index >= 15 is 0 Å². The quantitative estimate of drug-likeness (QED) is 0.550. The zero-order valence-corrected chi connectivity index (χ0v) is 7.38. The SMILES string of the molecule is CCCN=C1CC=CCN1C. The Balaban J connectivity index is 2.49. The summed E-state index contributed by atoms with van der Waals surface area (Å²) >= 11 is 0. The molecule has 0 radical (unpaired) electrons. The van der Waals surface area contributed by atoms with Gasteiger partial charge in [0.25, 0.3) is 0 Å². The zero-order chi connectivity index (χ0) is 8.10. The molecule has 0 aliphatic carbocycles. The van der Waals surface area contributed by atoms with Crippen molar-refractivity contribution in [2.75, 3.05) is 20.1 Å². The number of nitrogens with zero attached hydrogens (tertiary/aromatic N) is 2. The summed E-state index contributed by atoms with van der Waals surface area (Å²) in [4.78, 5) is 6.68. The van der Waals surface area contributed by atoms with Crippen LogP contribution in [0.1, 0.15) is 19.8 Å². The first kappa shape index (κ1) is 8.31. The van der Waals surface area contributed by atoms with Crippen LogP contribution < -0.4 is 0 Å². The van der Waals surface area contributed by atoms with E-state index in [9.17, 15) is 0 Å². The highest BCUT2D eigenvalue weighted by Gasteiger charge is 2.05. The van der Waals surface area contributed by atoms with Crippen LogP contribution in [0.3, 0.4) is 0 Å². The van der Waals surface area contributed by atoms with Gasteiger partial charge in [0.2, 0.25) is 0 Å². The van der Waals surface area contributed by atoms with Gasteiger partial charge in [0.1, 0.15) is 5.84 Å². The summed E-state index contributed by atoms with van der Waals surface area (Å²) in [6.45, 7) is 4.14. The van der Waals surface area contributed by atoms with Gasteiger partial charge in [0.05, 0.1) is 0 Å². The van der Waals surface area contributed by atoms with Crippen molar-refractivity contribution in [3.63, 3.8) is 0 Å². The van der Waals surface area contributed by atoms with E-state index in [2.05, 4.69) is 36.0 Å². The number of amidine groups is 1. The van der Waals surface area contributed by atoms with Crippen molar-refractivity contribution in [1.29, 1.82) is 0 Å². The number of hydrogen-bond donors (Lipinski definition) is 0. The van der Waals surface area contributed by atoms with Gasteiger partial charge in [-0.1, -0.05) is 19.1 Å². The third-order valence-corrected chi connectivity index (χ3v) is 1.80. The molecular weight excluding hydrogens is 136 g/mol. The van der Waals surface area contributed by atoms with Crippen LogP contribution in [0.2, 0.25) is 0 Å². The van der Waals surface area contributed by atoms with Gasteiger partial charge in [-0.05, 0) is 6.42 Å². The number of hydrogen-bond acceptors (Lipinski definition) is 1. The minimum atomic E-state index is 0.966. The molecule has 0 saturated heterocycles. The molecule has 0 spiro atoms. The van der Waals surface area contributed by atoms with Crippen LogP contribution in [0.4, 0.5) is 0 Å². The Hall–Kier alpha value is -0.790. The first-order chi connectivity index (χ1) is 5.34. The topological polar surface area (TPSA) is 15.6 Å². The van der Waals surface area contributed by atoms with E-state index in [-0.39, 0.29) is 0 Å². The molecule has 0 unspecified atom stereocenters. The standard InChI is InChI=1S/C9H16N2/c1-3-7-10-9-6-4-5-8-11(9)2/h4-5H,3,6-8H2,1-2H3. The molecule has 0 bridgehead atoms. The van der Waals surface area contributed by atoms with Gasteiger partial charge < -0.3 is 4.90 Å². The average molecular weight is 152 g/mol. The Labute approximate surface area is 68.6 Å². The largest absolute Gasteiger partial charge is 0.359 e. The second-order valence-electron chi connectivity index (χ2n) is 2.85. The first-order valence-electron chi connectivity index (χ1n) is 4.24. The monoisotopic (exact) mass is 152 g/mol. The normalized spacial score (nSPS) is 21.3. The summed E-state index contributed by atoms with van der Waals surface area (Å²) in [6.07, 6.45) is 6.52. The smallest absolute Gasteiger partial charge is 0.103 e. The van der Waals surface area contributed by atoms with Gasteiger partial charge in [0.15, 0.2) is 0 Å². The predicted molar refractivity (Wildman–Crippen MR) is 49.0 cm³/mol. The fourth-order valence-corrected chi connectivity index (χ4v) is 1.11. The van der Waals surface area contributed by atoms with Gasteiger partial charge >= 0.3 is 0 Å². The molecule has 1 aliphatic heterocycles. The summed E-state index contributed by atoms with van der Waals surface area (Å²) in [5, 5.41) is 0. The maximum absolute atomic E-state index is 4.47. The summed E-state index contributed by atoms with van der Waals surface area (Å²) in [5.74, 6) is 1.23. The molecule has 1 heterocycles. The van der Waals surface area contributed by atoms with Crippen molar-refractivity contribution in [2.45, 2.75) is 19.8 Å². The third-order valence-electron chi connectivity index (χ3n) is 1.80. The van der Waals surface area contributed by atoms with Crippen molar-refractivity contribution in [1.82, 2.24) is 4.90 Å². The predicted octanol–water partition coefficient (Wildman–Crippen LogP) is 1.69. The van der Waals surface area contributed by atoms with Crippen LogP contribution in [-0.2, 0) is 0 Å². The summed E-state index contributed by atoms with van der Waals surface area (Å²) in [7, 11) is 2.10. The second-order valence-corrected chi connectivity index (χ2v) is 2.85. The molecule has 0 fully saturated rings. The molecule has 2 nitrogen and oxygen atoms in total. The average Bonchev–Trinajstić information content (AvgIpc) is 2.03. The maximum Gasteiger partial charge on any atom is 0.103 e. The molecule has 1 rings (SSSR count). The first-order valence-corrected chi connectivity index (χ1v) is 4.24. The van der Waals surface area contributed by atoms with E-state index in [1.165, 1.54) is 5.84 Å². The Kier molecular flexibility index (Phi) is 3.14. The molecule has 0 aromatic rings. The highest BCUT2D eigenvalue weighted by atomic mass is 15.2. The second kappa shape index (κ2) is 4.16. The molecule has 0 atom stereocenters. The summed E-state index contributed by atoms with van der Waals surface area (Å²) in [5.41, 5.74) is 0. The van der Waals surface area contributed by atoms with E-state index in [4.69, 9.17) is 0 Å². The Morgan fingerprint density at radius 3 is 3.00 bits per heavy atom. The highest BCUT2D eigenvalue weighted by Crippen LogP contribution is 2.02. The van der Waals surface area contributed by atoms with Gasteiger partial charge in [-0.3, -0.25) is 4.99 Å². The fourth-order valence-electron chi connectivity index (χ4n) is 1.11. The van der Waals surface area contributed by atoms with Gasteiger partial charge in [-0.25, -0.2) is 0 Å². The molecule has 62 valence electrons. The van der Waals surface area contributed by atoms with Gasteiger partial charge in [-0.2, -0.15) is 0 Å². The zero-order valence-electron chi connectivity index (χ0n) is 7.38. The fraction of sp³-hybridized carbons (Fsp3) is 0.667. The molecule has 11 heavy (non-hydrogen) atoms. The Bertz CT molecular complexity index is 170. The van der Waals surface area contributed by atoms with Crippen LogP contribution >= 0.6 is 0 Å². The summed E-state index contributed by atoms with van der Waals surface area (Å²) in [6, 6.07) is 0. The van der Waals surface area contributed by atoms with Crippen molar-refractivity contribution in [2.24, 2.45) is 4.99 Å². The lowest BCUT2D eigenvalue weighted by molar-refractivity contribution is 0.541. The minimum absolute atomic E-state index is 0.966. The van der Waals surface area contributed by atoms with E-state index in [0.29, 0.717) is 0 Å². The molecule has 0 saturated carbocycles. The highest BCUT2D eigenvalue weighted by molar-refractivity contribution is 5.84. The molecule has 0 aromatic carbocycles. The lowest BCUT2D eigenvalue weighted by Crippen LogP contribution is -2.29. The number of likely N-dealkylation sites (N-methyl/N-ethyl adjacent to an activating group) is 1. The Morgan fingerprint density at radius 2 is 2.36 bits per heavy atom. The van der Waals surface area contributed by atoms with Gasteiger partial charge in [0, 0.05) is 26.6 Å². The lowest BCUT2D eigenvalue weighted by atomic mass is 10.2. The lowest BCUT2D eigenvalue weighted by Gasteiger charge is -2.22. The Morgan fingerprint density at radius 1 is 1.55 bits per heavy atom. The minimum Gasteiger partial charge on any atom is -0.359 e. The number of rotatable bonds is 2. The molecule has 0 N–H and O–H groups in total. The molecule has 0 amide bonds. The van der Waals surface area contributed by atoms with Gasteiger partial charge in [-0.15, -0.1) is 0 Å². The van der Waals surface area contributed by atoms with Crippen LogP contribution in [0.15, 0.2) is 17.1 Å². The van der Waals surface area contributed by atoms with Crippen molar-refractivity contribution >= 4 is 5.84 Å². The molecule has 0 aromatic heterocycles. The number of aliphatic imine (C=N–C) groups is 1. The van der Waals surface area contributed by atoms with Crippen LogP contribution in [0.25, 0.3) is 0 Å². The molecule has 1 aliphatic rings. The van der Waals surface area contributed by atoms with E-state index in [1.807, 2.05) is 0 Å². The van der Waals surface area contributed by atoms with E-state index in [0.717, 1.165) is 25.9 Å². The maximum atomic E-state index is 4.47. The van der Waals surface area contributed by atoms with E-state index in [1.54, 1.807) is 0 Å². The molecule has 2 heteroatoms. The third kappa shape index (κ3) is 2.37. The van der Waals surface area contributed by atoms with Crippen molar-refractivity contribution in [3.05, 3.63) is 12.2 Å². The van der Waals surface area contributed by atoms with E-state index < -0.39 is 0 Å². The van der Waals surface area contributed by atoms with Crippen LogP contribution in [0, 0.1) is 0 Å². The van der Waals surface area contributed by atoms with Crippen molar-refractivity contribution in [3.8, 4) is 0 Å². The van der Waals surface area contributed by atoms with Crippen molar-refractivity contribution < 1.29 is 0 Å². The molecular formula is C9H16N2.